The van der Waals surface area contributed by atoms with Crippen molar-refractivity contribution in [3.05, 3.63) is 23.3 Å². The van der Waals surface area contributed by atoms with Gasteiger partial charge in [0, 0.05) is 12.3 Å². The number of ether oxygens (including phenoxy) is 2. The maximum atomic E-state index is 13.4. The van der Waals surface area contributed by atoms with Crippen molar-refractivity contribution in [3.8, 4) is 5.75 Å². The Morgan fingerprint density at radius 2 is 1.50 bits per heavy atom. The molecule has 1 N–H and O–H groups in total. The second-order valence-corrected chi connectivity index (χ2v) is 8.85. The van der Waals surface area contributed by atoms with Crippen molar-refractivity contribution in [1.82, 2.24) is 0 Å². The fourth-order valence-electron chi connectivity index (χ4n) is 3.79. The van der Waals surface area contributed by atoms with Gasteiger partial charge in [-0.25, -0.2) is 0 Å². The number of carbonyl (C=O) groups excluding carboxylic acids is 1. The summed E-state index contributed by atoms with van der Waals surface area (Å²) in [5, 5.41) is 3.14. The van der Waals surface area contributed by atoms with Crippen LogP contribution in [0.3, 0.4) is 0 Å². The maximum Gasteiger partial charge on any atom is 0.256 e. The fourth-order valence-corrected chi connectivity index (χ4v) is 3.79. The molecule has 1 rings (SSSR count). The molecule has 1 unspecified atom stereocenters. The largest absolute Gasteiger partial charge is 0.490 e. The number of rotatable bonds is 11. The Morgan fingerprint density at radius 1 is 1.00 bits per heavy atom. The lowest BCUT2D eigenvalue weighted by molar-refractivity contribution is -0.146. The van der Waals surface area contributed by atoms with E-state index < -0.39 is 5.60 Å². The molecule has 0 bridgehead atoms. The first-order valence-corrected chi connectivity index (χ1v) is 10.8. The molecule has 0 aliphatic heterocycles. The Hall–Kier alpha value is -1.55. The minimum absolute atomic E-state index is 0.0499. The second kappa shape index (κ2) is 10.8. The van der Waals surface area contributed by atoms with Gasteiger partial charge in [0.25, 0.3) is 5.91 Å². The number of hydrogen-bond donors (Lipinski definition) is 1. The molecular weight excluding hydrogens is 350 g/mol. The molecule has 0 saturated heterocycles. The molecule has 1 aromatic carbocycles. The van der Waals surface area contributed by atoms with Gasteiger partial charge >= 0.3 is 0 Å². The lowest BCUT2D eigenvalue weighted by atomic mass is 9.83. The van der Waals surface area contributed by atoms with Gasteiger partial charge in [-0.05, 0) is 82.1 Å². The molecule has 4 heteroatoms. The summed E-state index contributed by atoms with van der Waals surface area (Å²) in [6.45, 7) is 19.3. The number of benzene rings is 1. The SMILES string of the molecule is CCOC(CC(C)C)(CC(C)C)C(=O)Nc1cc(C)c(OC(C)CC)c(C)c1. The summed E-state index contributed by atoms with van der Waals surface area (Å²) in [4.78, 5) is 13.4. The normalized spacial score (nSPS) is 13.1. The van der Waals surface area contributed by atoms with E-state index in [4.69, 9.17) is 9.47 Å². The van der Waals surface area contributed by atoms with Crippen molar-refractivity contribution in [2.24, 2.45) is 11.8 Å². The molecule has 0 aliphatic rings. The van der Waals surface area contributed by atoms with Crippen LogP contribution in [0.2, 0.25) is 0 Å². The van der Waals surface area contributed by atoms with E-state index in [0.717, 1.165) is 29.0 Å². The van der Waals surface area contributed by atoms with Gasteiger partial charge in [0.05, 0.1) is 6.10 Å². The van der Waals surface area contributed by atoms with Gasteiger partial charge in [-0.3, -0.25) is 4.79 Å². The summed E-state index contributed by atoms with van der Waals surface area (Å²) in [6, 6.07) is 3.98. The highest BCUT2D eigenvalue weighted by Gasteiger charge is 2.40. The highest BCUT2D eigenvalue weighted by molar-refractivity contribution is 5.97. The average Bonchev–Trinajstić information content (AvgIpc) is 2.56. The highest BCUT2D eigenvalue weighted by atomic mass is 16.5. The Bertz CT molecular complexity index is 604. The van der Waals surface area contributed by atoms with Gasteiger partial charge < -0.3 is 14.8 Å². The van der Waals surface area contributed by atoms with Gasteiger partial charge in [-0.15, -0.1) is 0 Å². The summed E-state index contributed by atoms with van der Waals surface area (Å²) in [6.07, 6.45) is 2.54. The Morgan fingerprint density at radius 3 is 1.89 bits per heavy atom. The molecule has 0 radical (unpaired) electrons. The minimum atomic E-state index is -0.801. The van der Waals surface area contributed by atoms with Crippen molar-refractivity contribution >= 4 is 11.6 Å². The average molecular weight is 392 g/mol. The highest BCUT2D eigenvalue weighted by Crippen LogP contribution is 2.33. The van der Waals surface area contributed by atoms with Gasteiger partial charge in [-0.2, -0.15) is 0 Å². The van der Waals surface area contributed by atoms with E-state index in [0.29, 0.717) is 31.3 Å². The number of carbonyl (C=O) groups is 1. The fraction of sp³-hybridized carbons (Fsp3) is 0.708. The number of anilines is 1. The molecule has 0 aliphatic carbocycles. The van der Waals surface area contributed by atoms with Gasteiger partial charge in [-0.1, -0.05) is 34.6 Å². The lowest BCUT2D eigenvalue weighted by Crippen LogP contribution is -2.47. The molecule has 0 saturated carbocycles. The third-order valence-corrected chi connectivity index (χ3v) is 4.92. The third kappa shape index (κ3) is 6.80. The molecule has 1 atom stereocenters. The third-order valence-electron chi connectivity index (χ3n) is 4.92. The molecule has 28 heavy (non-hydrogen) atoms. The minimum Gasteiger partial charge on any atom is -0.490 e. The number of aryl methyl sites for hydroxylation is 2. The van der Waals surface area contributed by atoms with Crippen molar-refractivity contribution in [3.63, 3.8) is 0 Å². The number of hydrogen-bond acceptors (Lipinski definition) is 3. The van der Waals surface area contributed by atoms with E-state index >= 15 is 0 Å². The first kappa shape index (κ1) is 24.5. The molecule has 160 valence electrons. The second-order valence-electron chi connectivity index (χ2n) is 8.85. The van der Waals surface area contributed by atoms with Gasteiger partial charge in [0.2, 0.25) is 0 Å². The van der Waals surface area contributed by atoms with Crippen molar-refractivity contribution in [1.29, 1.82) is 0 Å². The molecule has 0 heterocycles. The Balaban J connectivity index is 3.15. The smallest absolute Gasteiger partial charge is 0.256 e. The van der Waals surface area contributed by atoms with Crippen LogP contribution in [0.25, 0.3) is 0 Å². The predicted octanol–water partition coefficient (Wildman–Crippen LogP) is 6.29. The molecule has 0 aromatic heterocycles. The summed E-state index contributed by atoms with van der Waals surface area (Å²) >= 11 is 0. The van der Waals surface area contributed by atoms with Crippen LogP contribution in [0.1, 0.15) is 78.9 Å². The van der Waals surface area contributed by atoms with Crippen molar-refractivity contribution < 1.29 is 14.3 Å². The van der Waals surface area contributed by atoms with E-state index in [1.54, 1.807) is 0 Å². The van der Waals surface area contributed by atoms with E-state index in [1.165, 1.54) is 0 Å². The van der Waals surface area contributed by atoms with Crippen LogP contribution < -0.4 is 10.1 Å². The molecule has 0 fully saturated rings. The Labute approximate surface area is 172 Å². The van der Waals surface area contributed by atoms with E-state index in [1.807, 2.05) is 32.9 Å². The first-order chi connectivity index (χ1) is 13.0. The summed E-state index contributed by atoms with van der Waals surface area (Å²) in [5.41, 5.74) is 2.06. The Kier molecular flexibility index (Phi) is 9.49. The maximum absolute atomic E-state index is 13.4. The summed E-state index contributed by atoms with van der Waals surface area (Å²) < 4.78 is 12.2. The van der Waals surface area contributed by atoms with E-state index in [9.17, 15) is 4.79 Å². The van der Waals surface area contributed by atoms with Crippen LogP contribution in [0.5, 0.6) is 5.75 Å². The summed E-state index contributed by atoms with van der Waals surface area (Å²) in [7, 11) is 0. The molecule has 0 spiro atoms. The zero-order valence-corrected chi connectivity index (χ0v) is 19.4. The van der Waals surface area contributed by atoms with Gasteiger partial charge in [0.1, 0.15) is 11.4 Å². The molecule has 4 nitrogen and oxygen atoms in total. The standard InChI is InChI=1S/C24H41NO3/c1-10-20(9)28-22-18(7)12-21(13-19(22)8)25-23(26)24(27-11-2,14-16(3)4)15-17(5)6/h12-13,16-17,20H,10-11,14-15H2,1-9H3,(H,25,26). The quantitative estimate of drug-likeness (QED) is 0.482. The van der Waals surface area contributed by atoms with Crippen LogP contribution in [-0.2, 0) is 9.53 Å². The lowest BCUT2D eigenvalue weighted by Gasteiger charge is -2.35. The topological polar surface area (TPSA) is 47.6 Å². The van der Waals surface area contributed by atoms with E-state index in [2.05, 4.69) is 46.9 Å². The zero-order valence-electron chi connectivity index (χ0n) is 19.4. The monoisotopic (exact) mass is 391 g/mol. The van der Waals surface area contributed by atoms with Crippen molar-refractivity contribution in [2.75, 3.05) is 11.9 Å². The van der Waals surface area contributed by atoms with E-state index in [-0.39, 0.29) is 12.0 Å². The van der Waals surface area contributed by atoms with Crippen LogP contribution in [0.4, 0.5) is 5.69 Å². The van der Waals surface area contributed by atoms with Crippen molar-refractivity contribution in [2.45, 2.75) is 93.3 Å². The molecule has 1 aromatic rings. The van der Waals surface area contributed by atoms with Crippen LogP contribution in [-0.4, -0.2) is 24.2 Å². The number of amides is 1. The number of nitrogens with one attached hydrogen (secondary N) is 1. The zero-order chi connectivity index (χ0) is 21.5. The predicted molar refractivity (Wildman–Crippen MR) is 118 cm³/mol. The van der Waals surface area contributed by atoms with Crippen LogP contribution in [0, 0.1) is 25.7 Å². The first-order valence-electron chi connectivity index (χ1n) is 10.8. The van der Waals surface area contributed by atoms with Crippen LogP contribution >= 0.6 is 0 Å². The molecule has 1 amide bonds. The van der Waals surface area contributed by atoms with Gasteiger partial charge in [0.15, 0.2) is 0 Å². The molecular formula is C24H41NO3. The van der Waals surface area contributed by atoms with Crippen LogP contribution in [0.15, 0.2) is 12.1 Å². The summed E-state index contributed by atoms with van der Waals surface area (Å²) in [5.74, 6) is 1.59.